The summed E-state index contributed by atoms with van der Waals surface area (Å²) in [5, 5.41) is 21.2. The molecule has 0 aromatic carbocycles. The number of carbonyl (C=O) groups is 1. The maximum absolute atomic E-state index is 11.8. The molecule has 0 amide bonds. The van der Waals surface area contributed by atoms with Crippen molar-refractivity contribution >= 4 is 5.97 Å². The molecule has 98 valence electrons. The SMILES string of the molecule is C=C(C)C(=O)O[C@@]12CC3CC4(O)CC(O)(CC341)C2. The maximum atomic E-state index is 11.8. The van der Waals surface area contributed by atoms with Crippen LogP contribution in [0.4, 0.5) is 0 Å². The van der Waals surface area contributed by atoms with E-state index in [9.17, 15) is 15.0 Å². The van der Waals surface area contributed by atoms with E-state index < -0.39 is 22.8 Å². The summed E-state index contributed by atoms with van der Waals surface area (Å²) in [5.41, 5.74) is -2.26. The highest BCUT2D eigenvalue weighted by molar-refractivity contribution is 5.87. The van der Waals surface area contributed by atoms with Crippen LogP contribution in [-0.4, -0.2) is 33.0 Å². The number of hydrogen-bond acceptors (Lipinski definition) is 4. The third-order valence-electron chi connectivity index (χ3n) is 5.98. The minimum absolute atomic E-state index is 0.361. The third kappa shape index (κ3) is 0.835. The van der Waals surface area contributed by atoms with Gasteiger partial charge in [0.05, 0.1) is 11.2 Å². The lowest BCUT2D eigenvalue weighted by Crippen LogP contribution is -2.80. The highest BCUT2D eigenvalue weighted by Gasteiger charge is 2.91. The zero-order chi connectivity index (χ0) is 13.0. The van der Waals surface area contributed by atoms with Crippen molar-refractivity contribution in [3.63, 3.8) is 0 Å². The van der Waals surface area contributed by atoms with Crippen LogP contribution in [0.2, 0.25) is 0 Å². The zero-order valence-corrected chi connectivity index (χ0v) is 10.5. The van der Waals surface area contributed by atoms with Gasteiger partial charge in [-0.15, -0.1) is 0 Å². The maximum Gasteiger partial charge on any atom is 0.333 e. The van der Waals surface area contributed by atoms with E-state index in [1.54, 1.807) is 6.92 Å². The summed E-state index contributed by atoms with van der Waals surface area (Å²) >= 11 is 0. The Hall–Kier alpha value is -0.870. The van der Waals surface area contributed by atoms with Crippen molar-refractivity contribution in [3.05, 3.63) is 12.2 Å². The van der Waals surface area contributed by atoms with E-state index in [1.165, 1.54) is 0 Å². The normalized spacial score (nSPS) is 58.5. The van der Waals surface area contributed by atoms with Gasteiger partial charge in [0.25, 0.3) is 0 Å². The van der Waals surface area contributed by atoms with Crippen molar-refractivity contribution in [2.75, 3.05) is 0 Å². The van der Waals surface area contributed by atoms with Crippen LogP contribution >= 0.6 is 0 Å². The van der Waals surface area contributed by atoms with E-state index in [-0.39, 0.29) is 5.41 Å². The van der Waals surface area contributed by atoms with E-state index in [0.717, 1.165) is 12.8 Å². The van der Waals surface area contributed by atoms with Gasteiger partial charge in [0, 0.05) is 23.8 Å². The first kappa shape index (κ1) is 11.0. The molecule has 2 N–H and O–H groups in total. The summed E-state index contributed by atoms with van der Waals surface area (Å²) in [7, 11) is 0. The number of hydrogen-bond donors (Lipinski definition) is 2. The van der Waals surface area contributed by atoms with Crippen LogP contribution in [0.3, 0.4) is 0 Å². The smallest absolute Gasteiger partial charge is 0.333 e. The topological polar surface area (TPSA) is 66.8 Å². The van der Waals surface area contributed by atoms with Gasteiger partial charge in [0.15, 0.2) is 0 Å². The van der Waals surface area contributed by atoms with Crippen LogP contribution in [0, 0.1) is 11.3 Å². The van der Waals surface area contributed by atoms with Crippen molar-refractivity contribution < 1.29 is 19.7 Å². The number of ether oxygens (including phenoxy) is 1. The van der Waals surface area contributed by atoms with Gasteiger partial charge < -0.3 is 14.9 Å². The number of rotatable bonds is 2. The lowest BCUT2D eigenvalue weighted by Gasteiger charge is -2.74. The van der Waals surface area contributed by atoms with E-state index in [4.69, 9.17) is 4.74 Å². The average Bonchev–Trinajstić information content (AvgIpc) is 2.56. The summed E-state index contributed by atoms with van der Waals surface area (Å²) < 4.78 is 5.66. The highest BCUT2D eigenvalue weighted by Crippen LogP contribution is 2.86. The van der Waals surface area contributed by atoms with Gasteiger partial charge in [0.1, 0.15) is 5.60 Å². The average molecular weight is 250 g/mol. The summed E-state index contributed by atoms with van der Waals surface area (Å²) in [6.07, 6.45) is 3.06. The van der Waals surface area contributed by atoms with E-state index >= 15 is 0 Å². The standard InChI is InChI=1S/C14H18O4/c1-8(2)10(15)18-13-4-9-3-12(17)5-11(16,6-13)7-14(9,12)13/h9,16-17H,1,3-7H2,2H3/t9?,11?,12?,13-,14?/m1/s1. The fourth-order valence-corrected chi connectivity index (χ4v) is 5.65. The Balaban J connectivity index is 1.73. The fourth-order valence-electron chi connectivity index (χ4n) is 5.65. The Labute approximate surface area is 106 Å². The summed E-state index contributed by atoms with van der Waals surface area (Å²) in [6, 6.07) is 0. The van der Waals surface area contributed by atoms with Crippen LogP contribution in [0.5, 0.6) is 0 Å². The molecule has 0 radical (unpaired) electrons. The number of fused-ring (bicyclic) bond motifs is 1. The van der Waals surface area contributed by atoms with Crippen molar-refractivity contribution in [1.29, 1.82) is 0 Å². The van der Waals surface area contributed by atoms with Gasteiger partial charge in [0.2, 0.25) is 0 Å². The Morgan fingerprint density at radius 1 is 1.28 bits per heavy atom. The van der Waals surface area contributed by atoms with E-state index in [1.807, 2.05) is 0 Å². The molecule has 18 heavy (non-hydrogen) atoms. The summed E-state index contributed by atoms with van der Waals surface area (Å²) in [6.45, 7) is 5.23. The molecule has 4 saturated carbocycles. The molecule has 4 fully saturated rings. The molecule has 2 bridgehead atoms. The quantitative estimate of drug-likeness (QED) is 0.565. The lowest BCUT2D eigenvalue weighted by atomic mass is 9.34. The monoisotopic (exact) mass is 250 g/mol. The second-order valence-corrected chi connectivity index (χ2v) is 7.03. The number of aliphatic hydroxyl groups is 2. The molecule has 0 heterocycles. The first-order valence-corrected chi connectivity index (χ1v) is 6.60. The van der Waals surface area contributed by atoms with Gasteiger partial charge in [-0.2, -0.15) is 0 Å². The molecule has 4 heteroatoms. The Morgan fingerprint density at radius 2 is 2.00 bits per heavy atom. The predicted octanol–water partition coefficient (Wildman–Crippen LogP) is 0.914. The first-order valence-electron chi connectivity index (χ1n) is 6.60. The Morgan fingerprint density at radius 3 is 2.56 bits per heavy atom. The minimum atomic E-state index is -0.838. The van der Waals surface area contributed by atoms with E-state index in [0.29, 0.717) is 30.8 Å². The van der Waals surface area contributed by atoms with Crippen LogP contribution < -0.4 is 0 Å². The van der Waals surface area contributed by atoms with Gasteiger partial charge in [-0.3, -0.25) is 0 Å². The van der Waals surface area contributed by atoms with E-state index in [2.05, 4.69) is 6.58 Å². The zero-order valence-electron chi connectivity index (χ0n) is 10.5. The van der Waals surface area contributed by atoms with Crippen molar-refractivity contribution in [3.8, 4) is 0 Å². The molecule has 0 aliphatic heterocycles. The first-order chi connectivity index (χ1) is 8.26. The van der Waals surface area contributed by atoms with Gasteiger partial charge in [-0.1, -0.05) is 6.58 Å². The highest BCUT2D eigenvalue weighted by atomic mass is 16.6. The number of esters is 1. The minimum Gasteiger partial charge on any atom is -0.455 e. The molecule has 4 aliphatic carbocycles. The van der Waals surface area contributed by atoms with Crippen LogP contribution in [0.25, 0.3) is 0 Å². The molecule has 4 aliphatic rings. The second-order valence-electron chi connectivity index (χ2n) is 7.03. The van der Waals surface area contributed by atoms with Crippen molar-refractivity contribution in [2.24, 2.45) is 11.3 Å². The largest absolute Gasteiger partial charge is 0.455 e. The van der Waals surface area contributed by atoms with Crippen LogP contribution in [-0.2, 0) is 9.53 Å². The third-order valence-corrected chi connectivity index (χ3v) is 5.98. The van der Waals surface area contributed by atoms with Gasteiger partial charge >= 0.3 is 5.97 Å². The van der Waals surface area contributed by atoms with Gasteiger partial charge in [-0.05, 0) is 32.1 Å². The fraction of sp³-hybridized carbons (Fsp3) is 0.786. The van der Waals surface area contributed by atoms with Crippen molar-refractivity contribution in [2.45, 2.75) is 55.8 Å². The lowest BCUT2D eigenvalue weighted by molar-refractivity contribution is -0.356. The van der Waals surface area contributed by atoms with Gasteiger partial charge in [-0.25, -0.2) is 4.79 Å². The molecule has 4 unspecified atom stereocenters. The Kier molecular flexibility index (Phi) is 1.55. The second kappa shape index (κ2) is 2.54. The predicted molar refractivity (Wildman–Crippen MR) is 62.5 cm³/mol. The molecule has 4 nitrogen and oxygen atoms in total. The molecule has 0 saturated heterocycles. The molecule has 5 atom stereocenters. The molecular weight excluding hydrogens is 232 g/mol. The van der Waals surface area contributed by atoms with Crippen molar-refractivity contribution in [1.82, 2.24) is 0 Å². The molecule has 4 rings (SSSR count). The molecule has 0 aromatic heterocycles. The summed E-state index contributed by atoms with van der Waals surface area (Å²) in [4.78, 5) is 11.8. The van der Waals surface area contributed by atoms with Crippen LogP contribution in [0.15, 0.2) is 12.2 Å². The number of carbonyl (C=O) groups excluding carboxylic acids is 1. The summed E-state index contributed by atoms with van der Waals surface area (Å²) in [5.74, 6) is 0.0187. The van der Waals surface area contributed by atoms with Crippen LogP contribution in [0.1, 0.15) is 39.0 Å². The molecular formula is C14H18O4. The Bertz CT molecular complexity index is 500. The molecule has 0 aromatic rings. The molecule has 1 spiro atoms.